The average molecular weight is 339 g/mol. The van der Waals surface area contributed by atoms with Crippen molar-refractivity contribution in [2.45, 2.75) is 38.1 Å². The lowest BCUT2D eigenvalue weighted by Gasteiger charge is -2.37. The van der Waals surface area contributed by atoms with Gasteiger partial charge >= 0.3 is 0 Å². The van der Waals surface area contributed by atoms with Crippen molar-refractivity contribution in [3.8, 4) is 0 Å². The lowest BCUT2D eigenvalue weighted by Crippen LogP contribution is -2.47. The molecule has 3 heterocycles. The number of nitrogens with zero attached hydrogens (tertiary/aromatic N) is 3. The van der Waals surface area contributed by atoms with Crippen LogP contribution in [0.25, 0.3) is 0 Å². The van der Waals surface area contributed by atoms with Gasteiger partial charge in [0.25, 0.3) is 0 Å². The molecule has 4 rings (SSSR count). The van der Waals surface area contributed by atoms with Crippen LogP contribution in [0.1, 0.15) is 24.1 Å². The Morgan fingerprint density at radius 3 is 2.88 bits per heavy atom. The summed E-state index contributed by atoms with van der Waals surface area (Å²) in [4.78, 5) is 11.1. The van der Waals surface area contributed by atoms with Crippen molar-refractivity contribution in [3.63, 3.8) is 0 Å². The number of rotatable bonds is 6. The molecular weight excluding hydrogens is 314 g/mol. The van der Waals surface area contributed by atoms with Crippen LogP contribution in [0.5, 0.6) is 0 Å². The van der Waals surface area contributed by atoms with Crippen molar-refractivity contribution >= 4 is 0 Å². The minimum Gasteiger partial charge on any atom is -0.376 e. The summed E-state index contributed by atoms with van der Waals surface area (Å²) >= 11 is 0. The minimum absolute atomic E-state index is 0.340. The van der Waals surface area contributed by atoms with Crippen molar-refractivity contribution in [1.82, 2.24) is 14.9 Å². The molecule has 1 aliphatic heterocycles. The van der Waals surface area contributed by atoms with Crippen molar-refractivity contribution in [2.75, 3.05) is 19.8 Å². The summed E-state index contributed by atoms with van der Waals surface area (Å²) in [6.45, 7) is 4.18. The molecular formula is C20H25N3O2. The van der Waals surface area contributed by atoms with Gasteiger partial charge in [-0.15, -0.1) is 0 Å². The van der Waals surface area contributed by atoms with E-state index in [9.17, 15) is 0 Å². The van der Waals surface area contributed by atoms with E-state index in [-0.39, 0.29) is 0 Å². The first kappa shape index (κ1) is 16.6. The monoisotopic (exact) mass is 339 g/mol. The van der Waals surface area contributed by atoms with E-state index >= 15 is 0 Å². The van der Waals surface area contributed by atoms with E-state index in [1.807, 2.05) is 36.8 Å². The first-order valence-corrected chi connectivity index (χ1v) is 9.10. The zero-order chi connectivity index (χ0) is 16.9. The summed E-state index contributed by atoms with van der Waals surface area (Å²) in [7, 11) is 0. The predicted molar refractivity (Wildman–Crippen MR) is 94.8 cm³/mol. The Morgan fingerprint density at radius 1 is 1.12 bits per heavy atom. The lowest BCUT2D eigenvalue weighted by atomic mass is 10.1. The molecule has 2 aromatic rings. The van der Waals surface area contributed by atoms with Gasteiger partial charge in [0.05, 0.1) is 25.0 Å². The number of aromatic nitrogens is 2. The molecule has 2 aliphatic rings. The zero-order valence-corrected chi connectivity index (χ0v) is 14.5. The van der Waals surface area contributed by atoms with E-state index < -0.39 is 0 Å². The third-order valence-electron chi connectivity index (χ3n) is 5.21. The molecule has 2 fully saturated rings. The minimum atomic E-state index is 0.340. The second-order valence-corrected chi connectivity index (χ2v) is 6.98. The summed E-state index contributed by atoms with van der Waals surface area (Å²) in [5.41, 5.74) is 2.32. The van der Waals surface area contributed by atoms with Crippen LogP contribution in [0, 0.1) is 5.92 Å². The zero-order valence-electron chi connectivity index (χ0n) is 14.5. The van der Waals surface area contributed by atoms with Crippen molar-refractivity contribution in [3.05, 3.63) is 60.2 Å². The first-order chi connectivity index (χ1) is 12.4. The van der Waals surface area contributed by atoms with Gasteiger partial charge in [-0.25, -0.2) is 0 Å². The highest BCUT2D eigenvalue weighted by molar-refractivity contribution is 5.08. The number of morpholine rings is 1. The summed E-state index contributed by atoms with van der Waals surface area (Å²) in [5, 5.41) is 0. The Kier molecular flexibility index (Phi) is 5.35. The molecule has 25 heavy (non-hydrogen) atoms. The van der Waals surface area contributed by atoms with Gasteiger partial charge in [-0.2, -0.15) is 0 Å². The molecule has 0 aromatic carbocycles. The molecule has 0 bridgehead atoms. The molecule has 0 amide bonds. The average Bonchev–Trinajstić information content (AvgIpc) is 3.08. The molecule has 0 spiro atoms. The number of fused-ring (bicyclic) bond motifs is 1. The van der Waals surface area contributed by atoms with E-state index in [0.29, 0.717) is 24.7 Å². The Balaban J connectivity index is 1.30. The standard InChI is InChI=1S/C20H25N3O2/c1-2-6-22-18(3-1)13-23-9-10-25-20-12-17(11-19(20)23)15-24-14-16-4-7-21-8-5-16/h1-8,17,19-20H,9-15H2/t17?,19-,20-/m1/s1. The molecule has 0 N–H and O–H groups in total. The smallest absolute Gasteiger partial charge is 0.0734 e. The molecule has 5 heteroatoms. The fourth-order valence-corrected chi connectivity index (χ4v) is 3.98. The summed E-state index contributed by atoms with van der Waals surface area (Å²) in [5.74, 6) is 0.571. The highest BCUT2D eigenvalue weighted by Gasteiger charge is 2.40. The number of hydrogen-bond donors (Lipinski definition) is 0. The lowest BCUT2D eigenvalue weighted by molar-refractivity contribution is -0.0595. The summed E-state index contributed by atoms with van der Waals surface area (Å²) in [6.07, 6.45) is 8.08. The normalized spacial score (nSPS) is 26.5. The van der Waals surface area contributed by atoms with Gasteiger partial charge in [0.1, 0.15) is 0 Å². The maximum Gasteiger partial charge on any atom is 0.0734 e. The summed E-state index contributed by atoms with van der Waals surface area (Å²) < 4.78 is 12.0. The van der Waals surface area contributed by atoms with Crippen LogP contribution in [0.15, 0.2) is 48.9 Å². The predicted octanol–water partition coefficient (Wildman–Crippen LogP) is 2.67. The fraction of sp³-hybridized carbons (Fsp3) is 0.500. The van der Waals surface area contributed by atoms with Crippen LogP contribution in [-0.2, 0) is 22.6 Å². The van der Waals surface area contributed by atoms with Crippen molar-refractivity contribution in [2.24, 2.45) is 5.92 Å². The van der Waals surface area contributed by atoms with Crippen LogP contribution >= 0.6 is 0 Å². The van der Waals surface area contributed by atoms with E-state index in [0.717, 1.165) is 44.8 Å². The largest absolute Gasteiger partial charge is 0.376 e. The van der Waals surface area contributed by atoms with Gasteiger partial charge in [-0.3, -0.25) is 14.9 Å². The third kappa shape index (κ3) is 4.24. The Morgan fingerprint density at radius 2 is 2.04 bits per heavy atom. The molecule has 1 saturated heterocycles. The van der Waals surface area contributed by atoms with Gasteiger partial charge in [0, 0.05) is 44.3 Å². The fourth-order valence-electron chi connectivity index (χ4n) is 3.98. The number of hydrogen-bond acceptors (Lipinski definition) is 5. The maximum absolute atomic E-state index is 6.04. The highest BCUT2D eigenvalue weighted by atomic mass is 16.5. The molecule has 1 saturated carbocycles. The van der Waals surface area contributed by atoms with Crippen LogP contribution in [0.4, 0.5) is 0 Å². The van der Waals surface area contributed by atoms with Gasteiger partial charge < -0.3 is 9.47 Å². The van der Waals surface area contributed by atoms with Gasteiger partial charge in [-0.1, -0.05) is 6.07 Å². The number of ether oxygens (including phenoxy) is 2. The second kappa shape index (κ2) is 8.04. The SMILES string of the molecule is c1ccc(CN2CCO[C@@H]3CC(COCc4ccncc4)C[C@H]32)nc1. The van der Waals surface area contributed by atoms with Crippen LogP contribution in [-0.4, -0.2) is 46.8 Å². The topological polar surface area (TPSA) is 47.5 Å². The molecule has 0 radical (unpaired) electrons. The summed E-state index contributed by atoms with van der Waals surface area (Å²) in [6, 6.07) is 10.6. The van der Waals surface area contributed by atoms with E-state index in [1.54, 1.807) is 0 Å². The highest BCUT2D eigenvalue weighted by Crippen LogP contribution is 2.35. The van der Waals surface area contributed by atoms with Gasteiger partial charge in [-0.05, 0) is 48.6 Å². The molecule has 5 nitrogen and oxygen atoms in total. The Bertz CT molecular complexity index is 653. The maximum atomic E-state index is 6.04. The number of pyridine rings is 2. The van der Waals surface area contributed by atoms with E-state index in [4.69, 9.17) is 9.47 Å². The van der Waals surface area contributed by atoms with Gasteiger partial charge in [0.2, 0.25) is 0 Å². The first-order valence-electron chi connectivity index (χ1n) is 9.10. The Labute approximate surface area is 149 Å². The quantitative estimate of drug-likeness (QED) is 0.810. The molecule has 3 atom stereocenters. The van der Waals surface area contributed by atoms with E-state index in [2.05, 4.69) is 27.0 Å². The van der Waals surface area contributed by atoms with Gasteiger partial charge in [0.15, 0.2) is 0 Å². The van der Waals surface area contributed by atoms with Crippen LogP contribution in [0.2, 0.25) is 0 Å². The Hall–Kier alpha value is -1.82. The van der Waals surface area contributed by atoms with Crippen LogP contribution in [0.3, 0.4) is 0 Å². The molecule has 1 aliphatic carbocycles. The molecule has 132 valence electrons. The third-order valence-corrected chi connectivity index (χ3v) is 5.21. The van der Waals surface area contributed by atoms with Crippen molar-refractivity contribution < 1.29 is 9.47 Å². The molecule has 2 aromatic heterocycles. The van der Waals surface area contributed by atoms with Crippen LogP contribution < -0.4 is 0 Å². The second-order valence-electron chi connectivity index (χ2n) is 6.98. The van der Waals surface area contributed by atoms with Crippen molar-refractivity contribution in [1.29, 1.82) is 0 Å². The van der Waals surface area contributed by atoms with E-state index in [1.165, 1.54) is 5.56 Å². The molecule has 1 unspecified atom stereocenters.